The smallest absolute Gasteiger partial charge is 0.227 e. The zero-order chi connectivity index (χ0) is 21.1. The lowest BCUT2D eigenvalue weighted by atomic mass is 9.95. The number of piperidine rings is 1. The Morgan fingerprint density at radius 3 is 2.53 bits per heavy atom. The number of benzene rings is 1. The number of anilines is 1. The maximum absolute atomic E-state index is 10.5. The summed E-state index contributed by atoms with van der Waals surface area (Å²) in [6.45, 7) is 11.0. The average molecular weight is 409 g/mol. The largest absolute Gasteiger partial charge is 0.507 e. The molecule has 0 aliphatic carbocycles. The Balaban J connectivity index is 1.82. The molecular formula is C23H32N6O. The van der Waals surface area contributed by atoms with Crippen molar-refractivity contribution in [2.75, 3.05) is 31.1 Å². The monoisotopic (exact) mass is 408 g/mol. The molecule has 1 saturated heterocycles. The summed E-state index contributed by atoms with van der Waals surface area (Å²) in [6, 6.07) is 7.41. The van der Waals surface area contributed by atoms with Crippen LogP contribution in [0.4, 0.5) is 5.95 Å². The van der Waals surface area contributed by atoms with E-state index in [0.29, 0.717) is 5.92 Å². The SMILES string of the molecule is CCN(CC)c1nc(C)c2nc(-c3ccccc3O)n(CCC3CCNCC3)c2n1. The molecule has 160 valence electrons. The molecule has 1 fully saturated rings. The second kappa shape index (κ2) is 9.00. The van der Waals surface area contributed by atoms with Crippen LogP contribution in [-0.2, 0) is 6.54 Å². The van der Waals surface area contributed by atoms with Crippen LogP contribution in [-0.4, -0.2) is 50.8 Å². The maximum Gasteiger partial charge on any atom is 0.227 e. The molecule has 0 saturated carbocycles. The lowest BCUT2D eigenvalue weighted by Crippen LogP contribution is -2.28. The molecule has 0 atom stereocenters. The Bertz CT molecular complexity index is 1000. The Labute approximate surface area is 178 Å². The molecule has 1 aliphatic rings. The number of aromatic hydroxyl groups is 1. The van der Waals surface area contributed by atoms with Crippen molar-refractivity contribution in [1.29, 1.82) is 0 Å². The Hall–Kier alpha value is -2.67. The molecule has 0 bridgehead atoms. The zero-order valence-corrected chi connectivity index (χ0v) is 18.2. The van der Waals surface area contributed by atoms with Crippen LogP contribution in [0.3, 0.4) is 0 Å². The Kier molecular flexibility index (Phi) is 6.18. The normalized spacial score (nSPS) is 15.0. The van der Waals surface area contributed by atoms with Crippen LogP contribution in [0.25, 0.3) is 22.6 Å². The standard InChI is InChI=1S/C23H32N6O/c1-4-28(5-2)23-25-16(3)20-22(27-23)29(15-12-17-10-13-24-14-11-17)21(26-20)18-8-6-7-9-19(18)30/h6-9,17,24,30H,4-5,10-15H2,1-3H3. The van der Waals surface area contributed by atoms with E-state index in [9.17, 15) is 5.11 Å². The molecule has 3 aromatic rings. The van der Waals surface area contributed by atoms with E-state index in [1.165, 1.54) is 12.8 Å². The number of aromatic nitrogens is 4. The third kappa shape index (κ3) is 3.99. The minimum atomic E-state index is 0.241. The predicted molar refractivity (Wildman–Crippen MR) is 121 cm³/mol. The molecule has 30 heavy (non-hydrogen) atoms. The van der Waals surface area contributed by atoms with Crippen LogP contribution >= 0.6 is 0 Å². The Morgan fingerprint density at radius 1 is 1.10 bits per heavy atom. The highest BCUT2D eigenvalue weighted by Gasteiger charge is 2.22. The van der Waals surface area contributed by atoms with E-state index in [2.05, 4.69) is 28.6 Å². The first-order valence-electron chi connectivity index (χ1n) is 11.1. The fraction of sp³-hybridized carbons (Fsp3) is 0.522. The fourth-order valence-electron chi connectivity index (χ4n) is 4.33. The molecule has 7 heteroatoms. The second-order valence-corrected chi connectivity index (χ2v) is 8.04. The number of nitrogens with one attached hydrogen (secondary N) is 1. The highest BCUT2D eigenvalue weighted by atomic mass is 16.3. The molecule has 2 N–H and O–H groups in total. The van der Waals surface area contributed by atoms with Gasteiger partial charge in [0.1, 0.15) is 17.1 Å². The molecule has 0 unspecified atom stereocenters. The topological polar surface area (TPSA) is 79.1 Å². The fourth-order valence-corrected chi connectivity index (χ4v) is 4.33. The molecule has 0 amide bonds. The lowest BCUT2D eigenvalue weighted by molar-refractivity contribution is 0.339. The summed E-state index contributed by atoms with van der Waals surface area (Å²) in [5.74, 6) is 2.46. The van der Waals surface area contributed by atoms with Gasteiger partial charge in [0.2, 0.25) is 5.95 Å². The van der Waals surface area contributed by atoms with Gasteiger partial charge in [0, 0.05) is 19.6 Å². The molecule has 3 heterocycles. The van der Waals surface area contributed by atoms with Crippen LogP contribution in [0, 0.1) is 12.8 Å². The number of rotatable bonds is 7. The first-order valence-corrected chi connectivity index (χ1v) is 11.1. The van der Waals surface area contributed by atoms with Gasteiger partial charge in [0.25, 0.3) is 0 Å². The highest BCUT2D eigenvalue weighted by Crippen LogP contribution is 2.32. The van der Waals surface area contributed by atoms with E-state index >= 15 is 0 Å². The van der Waals surface area contributed by atoms with Gasteiger partial charge in [-0.1, -0.05) is 12.1 Å². The number of phenols is 1. The molecule has 1 aromatic carbocycles. The molecule has 0 radical (unpaired) electrons. The predicted octanol–water partition coefficient (Wildman–Crippen LogP) is 3.74. The van der Waals surface area contributed by atoms with Crippen molar-refractivity contribution >= 4 is 17.1 Å². The summed E-state index contributed by atoms with van der Waals surface area (Å²) in [5.41, 5.74) is 3.29. The number of fused-ring (bicyclic) bond motifs is 1. The van der Waals surface area contributed by atoms with Crippen molar-refractivity contribution in [1.82, 2.24) is 24.8 Å². The number of nitrogens with zero attached hydrogens (tertiary/aromatic N) is 5. The molecule has 7 nitrogen and oxygen atoms in total. The van der Waals surface area contributed by atoms with E-state index in [-0.39, 0.29) is 5.75 Å². The maximum atomic E-state index is 10.5. The summed E-state index contributed by atoms with van der Waals surface area (Å²) in [7, 11) is 0. The average Bonchev–Trinajstić information content (AvgIpc) is 3.13. The minimum absolute atomic E-state index is 0.241. The second-order valence-electron chi connectivity index (χ2n) is 8.04. The van der Waals surface area contributed by atoms with E-state index in [1.54, 1.807) is 6.07 Å². The van der Waals surface area contributed by atoms with Crippen molar-refractivity contribution in [3.63, 3.8) is 0 Å². The zero-order valence-electron chi connectivity index (χ0n) is 18.2. The summed E-state index contributed by atoms with van der Waals surface area (Å²) in [5, 5.41) is 14.0. The van der Waals surface area contributed by atoms with Gasteiger partial charge in [-0.3, -0.25) is 0 Å². The number of phenolic OH excluding ortho intramolecular Hbond substituents is 1. The van der Waals surface area contributed by atoms with Gasteiger partial charge >= 0.3 is 0 Å². The lowest BCUT2D eigenvalue weighted by Gasteiger charge is -2.23. The number of hydrogen-bond donors (Lipinski definition) is 2. The van der Waals surface area contributed by atoms with Crippen molar-refractivity contribution in [3.8, 4) is 17.1 Å². The third-order valence-electron chi connectivity index (χ3n) is 6.17. The van der Waals surface area contributed by atoms with E-state index in [1.807, 2.05) is 25.1 Å². The van der Waals surface area contributed by atoms with Gasteiger partial charge < -0.3 is 19.9 Å². The molecule has 4 rings (SSSR count). The van der Waals surface area contributed by atoms with Gasteiger partial charge in [-0.2, -0.15) is 4.98 Å². The highest BCUT2D eigenvalue weighted by molar-refractivity contribution is 5.81. The molecular weight excluding hydrogens is 376 g/mol. The number of para-hydroxylation sites is 1. The van der Waals surface area contributed by atoms with Gasteiger partial charge in [-0.05, 0) is 71.2 Å². The molecule has 0 spiro atoms. The van der Waals surface area contributed by atoms with Gasteiger partial charge in [0.15, 0.2) is 5.65 Å². The van der Waals surface area contributed by atoms with Crippen LogP contribution in [0.5, 0.6) is 5.75 Å². The number of imidazole rings is 1. The summed E-state index contributed by atoms with van der Waals surface area (Å²) in [6.07, 6.45) is 3.49. The third-order valence-corrected chi connectivity index (χ3v) is 6.17. The Morgan fingerprint density at radius 2 is 1.83 bits per heavy atom. The van der Waals surface area contributed by atoms with Gasteiger partial charge in [0.05, 0.1) is 11.3 Å². The van der Waals surface area contributed by atoms with Crippen molar-refractivity contribution < 1.29 is 5.11 Å². The molecule has 2 aromatic heterocycles. The number of aryl methyl sites for hydroxylation is 2. The van der Waals surface area contributed by atoms with E-state index < -0.39 is 0 Å². The van der Waals surface area contributed by atoms with Gasteiger partial charge in [-0.15, -0.1) is 0 Å². The van der Waals surface area contributed by atoms with Crippen LogP contribution < -0.4 is 10.2 Å². The van der Waals surface area contributed by atoms with Crippen LogP contribution in [0.1, 0.15) is 38.8 Å². The summed E-state index contributed by atoms with van der Waals surface area (Å²) >= 11 is 0. The first kappa shape index (κ1) is 20.6. The first-order chi connectivity index (χ1) is 14.6. The van der Waals surface area contributed by atoms with Gasteiger partial charge in [-0.25, -0.2) is 9.97 Å². The van der Waals surface area contributed by atoms with Crippen molar-refractivity contribution in [2.24, 2.45) is 5.92 Å². The quantitative estimate of drug-likeness (QED) is 0.620. The molecule has 1 aliphatic heterocycles. The minimum Gasteiger partial charge on any atom is -0.507 e. The summed E-state index contributed by atoms with van der Waals surface area (Å²) in [4.78, 5) is 16.7. The van der Waals surface area contributed by atoms with E-state index in [4.69, 9.17) is 15.0 Å². The van der Waals surface area contributed by atoms with Crippen molar-refractivity contribution in [2.45, 2.75) is 46.6 Å². The van der Waals surface area contributed by atoms with E-state index in [0.717, 1.165) is 73.3 Å². The van der Waals surface area contributed by atoms with Crippen LogP contribution in [0.2, 0.25) is 0 Å². The number of hydrogen-bond acceptors (Lipinski definition) is 6. The van der Waals surface area contributed by atoms with Crippen molar-refractivity contribution in [3.05, 3.63) is 30.0 Å². The summed E-state index contributed by atoms with van der Waals surface area (Å²) < 4.78 is 2.19. The van der Waals surface area contributed by atoms with Crippen LogP contribution in [0.15, 0.2) is 24.3 Å².